The summed E-state index contributed by atoms with van der Waals surface area (Å²) in [7, 11) is 0. The standard InChI is InChI=1S/C12H21N3/c1-3-15-9-11(8-14-15)7-13-10(2)12-5-4-6-12/h8-10,12-13H,3-7H2,1-2H3. The molecule has 84 valence electrons. The summed E-state index contributed by atoms with van der Waals surface area (Å²) in [6.07, 6.45) is 8.32. The van der Waals surface area contributed by atoms with Crippen LogP contribution < -0.4 is 5.32 Å². The number of nitrogens with one attached hydrogen (secondary N) is 1. The van der Waals surface area contributed by atoms with Gasteiger partial charge in [0.2, 0.25) is 0 Å². The molecule has 1 N–H and O–H groups in total. The molecule has 0 spiro atoms. The summed E-state index contributed by atoms with van der Waals surface area (Å²) in [5, 5.41) is 7.85. The molecule has 0 amide bonds. The van der Waals surface area contributed by atoms with Crippen molar-refractivity contribution in [2.45, 2.75) is 52.2 Å². The van der Waals surface area contributed by atoms with Gasteiger partial charge in [-0.2, -0.15) is 5.10 Å². The summed E-state index contributed by atoms with van der Waals surface area (Å²) in [5.74, 6) is 0.909. The van der Waals surface area contributed by atoms with Gasteiger partial charge in [0.1, 0.15) is 0 Å². The smallest absolute Gasteiger partial charge is 0.0534 e. The first kappa shape index (κ1) is 10.7. The third-order valence-electron chi connectivity index (χ3n) is 3.50. The van der Waals surface area contributed by atoms with Gasteiger partial charge in [-0.3, -0.25) is 4.68 Å². The number of nitrogens with zero attached hydrogens (tertiary/aromatic N) is 2. The van der Waals surface area contributed by atoms with E-state index >= 15 is 0 Å². The Balaban J connectivity index is 1.76. The highest BCUT2D eigenvalue weighted by Gasteiger charge is 2.23. The minimum Gasteiger partial charge on any atom is -0.310 e. The van der Waals surface area contributed by atoms with E-state index in [0.717, 1.165) is 19.0 Å². The van der Waals surface area contributed by atoms with E-state index < -0.39 is 0 Å². The van der Waals surface area contributed by atoms with Crippen molar-refractivity contribution in [3.8, 4) is 0 Å². The summed E-state index contributed by atoms with van der Waals surface area (Å²) in [6, 6.07) is 0.656. The molecule has 3 nitrogen and oxygen atoms in total. The van der Waals surface area contributed by atoms with Crippen molar-refractivity contribution in [2.24, 2.45) is 5.92 Å². The maximum atomic E-state index is 4.27. The van der Waals surface area contributed by atoms with Crippen molar-refractivity contribution in [3.63, 3.8) is 0 Å². The molecule has 1 unspecified atom stereocenters. The highest BCUT2D eigenvalue weighted by Crippen LogP contribution is 2.29. The fourth-order valence-corrected chi connectivity index (χ4v) is 2.06. The van der Waals surface area contributed by atoms with Crippen molar-refractivity contribution in [3.05, 3.63) is 18.0 Å². The van der Waals surface area contributed by atoms with E-state index in [9.17, 15) is 0 Å². The van der Waals surface area contributed by atoms with Crippen LogP contribution in [0.25, 0.3) is 0 Å². The molecule has 1 aliphatic rings. The van der Waals surface area contributed by atoms with Crippen LogP contribution in [0.15, 0.2) is 12.4 Å². The summed E-state index contributed by atoms with van der Waals surface area (Å²) in [4.78, 5) is 0. The van der Waals surface area contributed by atoms with Gasteiger partial charge in [0.25, 0.3) is 0 Å². The molecule has 1 aromatic heterocycles. The van der Waals surface area contributed by atoms with Crippen LogP contribution >= 0.6 is 0 Å². The molecule has 15 heavy (non-hydrogen) atoms. The Kier molecular flexibility index (Phi) is 3.41. The van der Waals surface area contributed by atoms with Gasteiger partial charge in [0, 0.05) is 30.9 Å². The van der Waals surface area contributed by atoms with E-state index in [2.05, 4.69) is 30.5 Å². The van der Waals surface area contributed by atoms with Gasteiger partial charge in [-0.1, -0.05) is 6.42 Å². The second-order valence-corrected chi connectivity index (χ2v) is 4.56. The van der Waals surface area contributed by atoms with E-state index in [1.165, 1.54) is 24.8 Å². The molecule has 1 atom stereocenters. The van der Waals surface area contributed by atoms with Crippen LogP contribution in [-0.2, 0) is 13.1 Å². The molecule has 2 rings (SSSR count). The number of aryl methyl sites for hydroxylation is 1. The maximum Gasteiger partial charge on any atom is 0.0534 e. The largest absolute Gasteiger partial charge is 0.310 e. The Morgan fingerprint density at radius 2 is 2.40 bits per heavy atom. The third kappa shape index (κ3) is 2.59. The van der Waals surface area contributed by atoms with Crippen molar-refractivity contribution in [2.75, 3.05) is 0 Å². The maximum absolute atomic E-state index is 4.27. The van der Waals surface area contributed by atoms with E-state index in [1.54, 1.807) is 0 Å². The van der Waals surface area contributed by atoms with E-state index in [1.807, 2.05) is 10.9 Å². The average molecular weight is 207 g/mol. The first-order chi connectivity index (χ1) is 7.29. The predicted molar refractivity (Wildman–Crippen MR) is 61.5 cm³/mol. The number of rotatable bonds is 5. The second-order valence-electron chi connectivity index (χ2n) is 4.56. The lowest BCUT2D eigenvalue weighted by atomic mass is 9.80. The molecule has 1 heterocycles. The molecule has 1 aromatic rings. The lowest BCUT2D eigenvalue weighted by Gasteiger charge is -2.31. The van der Waals surface area contributed by atoms with Crippen LogP contribution in [-0.4, -0.2) is 15.8 Å². The minimum absolute atomic E-state index is 0.656. The highest BCUT2D eigenvalue weighted by molar-refractivity contribution is 5.03. The molecule has 1 saturated carbocycles. The lowest BCUT2D eigenvalue weighted by molar-refractivity contribution is 0.240. The van der Waals surface area contributed by atoms with Gasteiger partial charge in [-0.15, -0.1) is 0 Å². The number of aromatic nitrogens is 2. The van der Waals surface area contributed by atoms with E-state index in [0.29, 0.717) is 6.04 Å². The molecule has 0 aliphatic heterocycles. The normalized spacial score (nSPS) is 18.8. The van der Waals surface area contributed by atoms with Crippen LogP contribution in [0.4, 0.5) is 0 Å². The monoisotopic (exact) mass is 207 g/mol. The van der Waals surface area contributed by atoms with Gasteiger partial charge in [0.05, 0.1) is 6.20 Å². The summed E-state index contributed by atoms with van der Waals surface area (Å²) >= 11 is 0. The van der Waals surface area contributed by atoms with Crippen molar-refractivity contribution >= 4 is 0 Å². The zero-order valence-corrected chi connectivity index (χ0v) is 9.74. The average Bonchev–Trinajstić information content (AvgIpc) is 2.59. The van der Waals surface area contributed by atoms with Gasteiger partial charge < -0.3 is 5.32 Å². The highest BCUT2D eigenvalue weighted by atomic mass is 15.3. The fourth-order valence-electron chi connectivity index (χ4n) is 2.06. The number of hydrogen-bond acceptors (Lipinski definition) is 2. The van der Waals surface area contributed by atoms with Crippen LogP contribution in [0.3, 0.4) is 0 Å². The summed E-state index contributed by atoms with van der Waals surface area (Å²) in [6.45, 7) is 6.32. The SMILES string of the molecule is CCn1cc(CNC(C)C2CCC2)cn1. The zero-order chi connectivity index (χ0) is 10.7. The lowest BCUT2D eigenvalue weighted by Crippen LogP contribution is -2.36. The fraction of sp³-hybridized carbons (Fsp3) is 0.750. The van der Waals surface area contributed by atoms with Crippen molar-refractivity contribution < 1.29 is 0 Å². The Hall–Kier alpha value is -0.830. The van der Waals surface area contributed by atoms with Crippen molar-refractivity contribution in [1.29, 1.82) is 0 Å². The van der Waals surface area contributed by atoms with Crippen LogP contribution in [0.2, 0.25) is 0 Å². The Morgan fingerprint density at radius 3 is 2.93 bits per heavy atom. The van der Waals surface area contributed by atoms with Gasteiger partial charge in [-0.05, 0) is 32.6 Å². The Bertz CT molecular complexity index is 302. The minimum atomic E-state index is 0.656. The van der Waals surface area contributed by atoms with Crippen LogP contribution in [0.1, 0.15) is 38.7 Å². The topological polar surface area (TPSA) is 29.9 Å². The molecular weight excluding hydrogens is 186 g/mol. The molecule has 1 fully saturated rings. The molecule has 0 saturated heterocycles. The first-order valence-corrected chi connectivity index (χ1v) is 6.04. The zero-order valence-electron chi connectivity index (χ0n) is 9.74. The second kappa shape index (κ2) is 4.79. The van der Waals surface area contributed by atoms with Crippen LogP contribution in [0, 0.1) is 5.92 Å². The molecule has 0 bridgehead atoms. The van der Waals surface area contributed by atoms with Crippen molar-refractivity contribution in [1.82, 2.24) is 15.1 Å². The molecule has 0 aromatic carbocycles. The summed E-state index contributed by atoms with van der Waals surface area (Å²) < 4.78 is 1.98. The Morgan fingerprint density at radius 1 is 1.60 bits per heavy atom. The third-order valence-corrected chi connectivity index (χ3v) is 3.50. The molecule has 0 radical (unpaired) electrons. The molecule has 1 aliphatic carbocycles. The summed E-state index contributed by atoms with van der Waals surface area (Å²) in [5.41, 5.74) is 1.29. The Labute approximate surface area is 91.9 Å². The van der Waals surface area contributed by atoms with E-state index in [4.69, 9.17) is 0 Å². The number of hydrogen-bond donors (Lipinski definition) is 1. The van der Waals surface area contributed by atoms with E-state index in [-0.39, 0.29) is 0 Å². The van der Waals surface area contributed by atoms with Gasteiger partial charge in [-0.25, -0.2) is 0 Å². The van der Waals surface area contributed by atoms with Crippen LogP contribution in [0.5, 0.6) is 0 Å². The molecular formula is C12H21N3. The first-order valence-electron chi connectivity index (χ1n) is 6.04. The molecule has 3 heteroatoms. The van der Waals surface area contributed by atoms with Gasteiger partial charge >= 0.3 is 0 Å². The predicted octanol–water partition coefficient (Wildman–Crippen LogP) is 2.18. The quantitative estimate of drug-likeness (QED) is 0.802. The van der Waals surface area contributed by atoms with Gasteiger partial charge in [0.15, 0.2) is 0 Å².